The highest BCUT2D eigenvalue weighted by Gasteiger charge is 2.26. The number of anilines is 2. The maximum absolute atomic E-state index is 13.1. The van der Waals surface area contributed by atoms with E-state index in [2.05, 4.69) is 20.5 Å². The third kappa shape index (κ3) is 4.79. The zero-order valence-corrected chi connectivity index (χ0v) is 19.5. The molecule has 0 saturated heterocycles. The Hall–Kier alpha value is -2.33. The second kappa shape index (κ2) is 9.44. The van der Waals surface area contributed by atoms with Crippen molar-refractivity contribution in [2.45, 2.75) is 30.3 Å². The number of fused-ring (bicyclic) bond motifs is 1. The first-order valence-electron chi connectivity index (χ1n) is 9.39. The van der Waals surface area contributed by atoms with Gasteiger partial charge in [-0.3, -0.25) is 9.36 Å². The molecule has 4 aromatic rings. The van der Waals surface area contributed by atoms with E-state index in [1.165, 1.54) is 23.1 Å². The largest absolute Gasteiger partial charge is 0.368 e. The van der Waals surface area contributed by atoms with E-state index in [0.29, 0.717) is 32.5 Å². The zero-order chi connectivity index (χ0) is 22.0. The van der Waals surface area contributed by atoms with Crippen molar-refractivity contribution in [3.05, 3.63) is 58.1 Å². The number of amides is 1. The Morgan fingerprint density at radius 1 is 1.26 bits per heavy atom. The summed E-state index contributed by atoms with van der Waals surface area (Å²) in [5.41, 5.74) is 7.81. The molecular weight excluding hydrogens is 475 g/mol. The second-order valence-electron chi connectivity index (χ2n) is 6.64. The van der Waals surface area contributed by atoms with Crippen LogP contribution in [-0.2, 0) is 10.5 Å². The van der Waals surface area contributed by atoms with E-state index in [4.69, 9.17) is 28.9 Å². The summed E-state index contributed by atoms with van der Waals surface area (Å²) in [6.45, 7) is 1.91. The average molecular weight is 493 g/mol. The van der Waals surface area contributed by atoms with Gasteiger partial charge in [0.1, 0.15) is 6.04 Å². The highest BCUT2D eigenvalue weighted by atomic mass is 35.5. The van der Waals surface area contributed by atoms with Crippen LogP contribution in [0.1, 0.15) is 24.9 Å². The fourth-order valence-electron chi connectivity index (χ4n) is 3.06. The number of thiazole rings is 1. The summed E-state index contributed by atoms with van der Waals surface area (Å²) in [4.78, 5) is 17.5. The molecule has 1 unspecified atom stereocenters. The number of rotatable bonds is 7. The van der Waals surface area contributed by atoms with Crippen molar-refractivity contribution in [1.29, 1.82) is 0 Å². The van der Waals surface area contributed by atoms with Gasteiger partial charge in [0.05, 0.1) is 10.2 Å². The summed E-state index contributed by atoms with van der Waals surface area (Å²) < 4.78 is 2.55. The highest BCUT2D eigenvalue weighted by Crippen LogP contribution is 2.32. The third-order valence-corrected chi connectivity index (χ3v) is 7.12. The Morgan fingerprint density at radius 3 is 2.84 bits per heavy atom. The molecule has 31 heavy (non-hydrogen) atoms. The van der Waals surface area contributed by atoms with Gasteiger partial charge in [-0.2, -0.15) is 0 Å². The van der Waals surface area contributed by atoms with Gasteiger partial charge in [-0.05, 0) is 36.2 Å². The fraction of sp³-hybridized carbons (Fsp3) is 0.200. The molecule has 3 N–H and O–H groups in total. The molecule has 2 aromatic carbocycles. The van der Waals surface area contributed by atoms with Gasteiger partial charge >= 0.3 is 0 Å². The number of hydrogen-bond acceptors (Lipinski definition) is 7. The van der Waals surface area contributed by atoms with Crippen LogP contribution in [0.4, 0.5) is 11.1 Å². The number of nitrogens with one attached hydrogen (secondary N) is 1. The van der Waals surface area contributed by atoms with Crippen molar-refractivity contribution in [1.82, 2.24) is 19.7 Å². The van der Waals surface area contributed by atoms with Gasteiger partial charge in [-0.25, -0.2) is 4.98 Å². The molecular formula is C20H18Cl2N6OS2. The highest BCUT2D eigenvalue weighted by molar-refractivity contribution is 7.98. The maximum Gasteiger partial charge on any atom is 0.249 e. The minimum Gasteiger partial charge on any atom is -0.368 e. The van der Waals surface area contributed by atoms with E-state index in [1.54, 1.807) is 10.6 Å². The first-order chi connectivity index (χ1) is 15.0. The summed E-state index contributed by atoms with van der Waals surface area (Å²) in [5.74, 6) is 0.521. The van der Waals surface area contributed by atoms with Crippen LogP contribution in [0, 0.1) is 0 Å². The fourth-order valence-corrected chi connectivity index (χ4v) is 5.48. The van der Waals surface area contributed by atoms with E-state index in [9.17, 15) is 4.79 Å². The van der Waals surface area contributed by atoms with E-state index < -0.39 is 6.04 Å². The lowest BCUT2D eigenvalue weighted by molar-refractivity contribution is -0.119. The van der Waals surface area contributed by atoms with Crippen LogP contribution >= 0.6 is 46.3 Å². The first-order valence-corrected chi connectivity index (χ1v) is 12.0. The molecule has 0 aliphatic heterocycles. The Bertz CT molecular complexity index is 1240. The van der Waals surface area contributed by atoms with Crippen LogP contribution in [-0.4, -0.2) is 25.7 Å². The molecule has 0 radical (unpaired) electrons. The Kier molecular flexibility index (Phi) is 6.66. The smallest absolute Gasteiger partial charge is 0.249 e. The number of hydrogen-bond donors (Lipinski definition) is 2. The number of nitrogens with zero attached hydrogens (tertiary/aromatic N) is 4. The van der Waals surface area contributed by atoms with Crippen LogP contribution < -0.4 is 11.1 Å². The Labute approximate surface area is 197 Å². The molecule has 1 atom stereocenters. The number of thioether (sulfide) groups is 1. The normalized spacial score (nSPS) is 12.2. The van der Waals surface area contributed by atoms with Crippen molar-refractivity contribution in [2.24, 2.45) is 0 Å². The van der Waals surface area contributed by atoms with Crippen molar-refractivity contribution in [3.63, 3.8) is 0 Å². The molecule has 0 spiro atoms. The van der Waals surface area contributed by atoms with Crippen molar-refractivity contribution in [3.8, 4) is 0 Å². The van der Waals surface area contributed by atoms with E-state index in [1.807, 2.05) is 43.3 Å². The number of benzene rings is 2. The zero-order valence-electron chi connectivity index (χ0n) is 16.4. The summed E-state index contributed by atoms with van der Waals surface area (Å²) in [7, 11) is 0. The van der Waals surface area contributed by atoms with Crippen LogP contribution in [0.5, 0.6) is 0 Å². The van der Waals surface area contributed by atoms with Crippen molar-refractivity contribution in [2.75, 3.05) is 11.1 Å². The molecule has 0 bridgehead atoms. The molecule has 2 heterocycles. The number of carbonyl (C=O) groups is 1. The lowest BCUT2D eigenvalue weighted by Crippen LogP contribution is -2.27. The molecule has 160 valence electrons. The van der Waals surface area contributed by atoms with Crippen molar-refractivity contribution >= 4 is 73.5 Å². The van der Waals surface area contributed by atoms with Crippen LogP contribution in [0.3, 0.4) is 0 Å². The monoisotopic (exact) mass is 492 g/mol. The lowest BCUT2D eigenvalue weighted by Gasteiger charge is -2.18. The number of nitrogens with two attached hydrogens (primary N) is 1. The minimum atomic E-state index is -0.584. The molecule has 0 aliphatic carbocycles. The average Bonchev–Trinajstić information content (AvgIpc) is 3.31. The maximum atomic E-state index is 13.1. The van der Waals surface area contributed by atoms with Gasteiger partial charge < -0.3 is 11.1 Å². The standard InChI is InChI=1S/C20H18Cl2N6OS2/c1-2-15(17(29)25-19-24-14-8-7-12(21)9-16(14)31-19)28-18(23)26-27-20(28)30-10-11-5-3-4-6-13(11)22/h3-9,15H,2,10H2,1H3,(H2,23,26)(H,24,25,29). The molecule has 7 nitrogen and oxygen atoms in total. The van der Waals surface area contributed by atoms with Crippen LogP contribution in [0.15, 0.2) is 47.6 Å². The topological polar surface area (TPSA) is 98.7 Å². The molecule has 11 heteroatoms. The summed E-state index contributed by atoms with van der Waals surface area (Å²) in [5, 5.41) is 13.4. The summed E-state index contributed by atoms with van der Waals surface area (Å²) in [6, 6.07) is 12.4. The van der Waals surface area contributed by atoms with Crippen LogP contribution in [0.2, 0.25) is 10.0 Å². The Balaban J connectivity index is 1.54. The lowest BCUT2D eigenvalue weighted by atomic mass is 10.2. The predicted octanol–water partition coefficient (Wildman–Crippen LogP) is 5.66. The number of halogens is 2. The van der Waals surface area contributed by atoms with Gasteiger partial charge in [-0.15, -0.1) is 10.2 Å². The van der Waals surface area contributed by atoms with Gasteiger partial charge in [0.25, 0.3) is 0 Å². The van der Waals surface area contributed by atoms with E-state index in [0.717, 1.165) is 15.8 Å². The van der Waals surface area contributed by atoms with E-state index >= 15 is 0 Å². The van der Waals surface area contributed by atoms with Gasteiger partial charge in [0, 0.05) is 15.8 Å². The molecule has 4 rings (SSSR count). The van der Waals surface area contributed by atoms with Gasteiger partial charge in [0.2, 0.25) is 11.9 Å². The third-order valence-electron chi connectivity index (χ3n) is 4.59. The molecule has 2 aromatic heterocycles. The van der Waals surface area contributed by atoms with Gasteiger partial charge in [-0.1, -0.05) is 71.4 Å². The second-order valence-corrected chi connectivity index (χ2v) is 9.45. The predicted molar refractivity (Wildman–Crippen MR) is 128 cm³/mol. The molecule has 0 aliphatic rings. The molecule has 0 saturated carbocycles. The van der Waals surface area contributed by atoms with Crippen LogP contribution in [0.25, 0.3) is 10.2 Å². The molecule has 1 amide bonds. The minimum absolute atomic E-state index is 0.180. The number of carbonyl (C=O) groups excluding carboxylic acids is 1. The number of aromatic nitrogens is 4. The first kappa shape index (κ1) is 21.9. The van der Waals surface area contributed by atoms with Crippen molar-refractivity contribution < 1.29 is 4.79 Å². The van der Waals surface area contributed by atoms with E-state index in [-0.39, 0.29) is 11.9 Å². The van der Waals surface area contributed by atoms with Gasteiger partial charge in [0.15, 0.2) is 10.3 Å². The summed E-state index contributed by atoms with van der Waals surface area (Å²) in [6.07, 6.45) is 0.504. The summed E-state index contributed by atoms with van der Waals surface area (Å²) >= 11 is 15.1. The molecule has 0 fully saturated rings. The number of nitrogen functional groups attached to an aromatic ring is 1. The quantitative estimate of drug-likeness (QED) is 0.323. The SMILES string of the molecule is CCC(C(=O)Nc1nc2ccc(Cl)cc2s1)n1c(N)nnc1SCc1ccccc1Cl. The Morgan fingerprint density at radius 2 is 2.06 bits per heavy atom.